The van der Waals surface area contributed by atoms with Gasteiger partial charge in [0.15, 0.2) is 0 Å². The van der Waals surface area contributed by atoms with Crippen molar-refractivity contribution < 1.29 is 14.6 Å². The van der Waals surface area contributed by atoms with Crippen molar-refractivity contribution in [1.29, 1.82) is 0 Å². The number of nitrogens with zero attached hydrogens (tertiary/aromatic N) is 1. The van der Waals surface area contributed by atoms with Crippen molar-refractivity contribution in [2.75, 3.05) is 19.0 Å². The summed E-state index contributed by atoms with van der Waals surface area (Å²) in [5.74, 6) is 0.459. The molecular formula is C14H18N2O3. The van der Waals surface area contributed by atoms with E-state index in [1.807, 2.05) is 0 Å². The summed E-state index contributed by atoms with van der Waals surface area (Å²) >= 11 is 0. The summed E-state index contributed by atoms with van der Waals surface area (Å²) in [4.78, 5) is 15.9. The number of hydrogen-bond acceptors (Lipinski definition) is 5. The molecule has 0 saturated carbocycles. The minimum Gasteiger partial charge on any atom is -0.508 e. The van der Waals surface area contributed by atoms with Crippen molar-refractivity contribution in [3.63, 3.8) is 0 Å². The molecule has 1 aromatic carbocycles. The second kappa shape index (κ2) is 6.22. The van der Waals surface area contributed by atoms with E-state index < -0.39 is 5.97 Å². The molecule has 0 fully saturated rings. The second-order valence-corrected chi connectivity index (χ2v) is 4.52. The molecule has 1 aromatic rings. The van der Waals surface area contributed by atoms with E-state index in [2.05, 4.69) is 15.0 Å². The number of ether oxygens (including phenoxy) is 1. The fraction of sp³-hybridized carbons (Fsp3) is 0.429. The topological polar surface area (TPSA) is 70.9 Å². The molecule has 0 radical (unpaired) electrons. The minimum absolute atomic E-state index is 0.0274. The van der Waals surface area contributed by atoms with Gasteiger partial charge in [-0.05, 0) is 25.0 Å². The Hall–Kier alpha value is -2.04. The van der Waals surface area contributed by atoms with Crippen LogP contribution in [0.25, 0.3) is 0 Å². The highest BCUT2D eigenvalue weighted by Gasteiger charge is 2.10. The number of methoxy groups -OCH3 is 1. The standard InChI is InChI=1S/C14H18N2O3/c1-19-14(18)10-7-11(9-12(17)8-10)16-13-5-3-2-4-6-15-13/h7-9,17H,2-6H2,1H3,(H,15,16). The number of esters is 1. The van der Waals surface area contributed by atoms with Crippen LogP contribution in [0.4, 0.5) is 5.69 Å². The molecule has 0 spiro atoms. The Labute approximate surface area is 112 Å². The summed E-state index contributed by atoms with van der Waals surface area (Å²) in [7, 11) is 1.31. The molecule has 19 heavy (non-hydrogen) atoms. The van der Waals surface area contributed by atoms with E-state index >= 15 is 0 Å². The minimum atomic E-state index is -0.471. The van der Waals surface area contributed by atoms with Gasteiger partial charge in [0.2, 0.25) is 0 Å². The first-order valence-electron chi connectivity index (χ1n) is 6.42. The highest BCUT2D eigenvalue weighted by Crippen LogP contribution is 2.21. The first kappa shape index (κ1) is 13.4. The number of amidine groups is 1. The van der Waals surface area contributed by atoms with E-state index in [0.717, 1.165) is 31.6 Å². The Bertz CT molecular complexity index is 497. The van der Waals surface area contributed by atoms with Crippen molar-refractivity contribution >= 4 is 17.5 Å². The Morgan fingerprint density at radius 2 is 2.16 bits per heavy atom. The predicted octanol–water partition coefficient (Wildman–Crippen LogP) is 2.56. The number of rotatable bonds is 2. The highest BCUT2D eigenvalue weighted by molar-refractivity contribution is 5.97. The van der Waals surface area contributed by atoms with Gasteiger partial charge < -0.3 is 15.2 Å². The van der Waals surface area contributed by atoms with Gasteiger partial charge in [0.1, 0.15) is 11.6 Å². The first-order chi connectivity index (χ1) is 9.19. The maximum atomic E-state index is 11.5. The summed E-state index contributed by atoms with van der Waals surface area (Å²) in [6.07, 6.45) is 4.29. The number of anilines is 1. The quantitative estimate of drug-likeness (QED) is 0.803. The van der Waals surface area contributed by atoms with Gasteiger partial charge in [-0.3, -0.25) is 4.99 Å². The average molecular weight is 262 g/mol. The third kappa shape index (κ3) is 3.71. The summed E-state index contributed by atoms with van der Waals surface area (Å²) in [5.41, 5.74) is 0.972. The van der Waals surface area contributed by atoms with Crippen LogP contribution in [0.3, 0.4) is 0 Å². The molecule has 1 aliphatic heterocycles. The Balaban J connectivity index is 2.17. The first-order valence-corrected chi connectivity index (χ1v) is 6.42. The van der Waals surface area contributed by atoms with Crippen LogP contribution < -0.4 is 5.32 Å². The number of benzene rings is 1. The van der Waals surface area contributed by atoms with Crippen molar-refractivity contribution in [2.45, 2.75) is 25.7 Å². The molecule has 2 rings (SSSR count). The fourth-order valence-corrected chi connectivity index (χ4v) is 2.06. The van der Waals surface area contributed by atoms with Crippen molar-refractivity contribution in [3.05, 3.63) is 23.8 Å². The Kier molecular flexibility index (Phi) is 4.39. The van der Waals surface area contributed by atoms with Crippen LogP contribution in [0.1, 0.15) is 36.0 Å². The number of carbonyl (C=O) groups is 1. The molecule has 0 aliphatic carbocycles. The van der Waals surface area contributed by atoms with Crippen LogP contribution >= 0.6 is 0 Å². The van der Waals surface area contributed by atoms with Gasteiger partial charge >= 0.3 is 5.97 Å². The summed E-state index contributed by atoms with van der Waals surface area (Å²) in [6.45, 7) is 0.824. The molecule has 1 heterocycles. The largest absolute Gasteiger partial charge is 0.508 e. The van der Waals surface area contributed by atoms with Crippen molar-refractivity contribution in [3.8, 4) is 5.75 Å². The normalized spacial score (nSPS) is 15.3. The van der Waals surface area contributed by atoms with Crippen LogP contribution in [-0.2, 0) is 4.74 Å². The molecule has 0 bridgehead atoms. The maximum absolute atomic E-state index is 11.5. The van der Waals surface area contributed by atoms with Crippen molar-refractivity contribution in [1.82, 2.24) is 0 Å². The summed E-state index contributed by atoms with van der Waals surface area (Å²) in [5, 5.41) is 12.8. The number of hydrogen-bond donors (Lipinski definition) is 2. The fourth-order valence-electron chi connectivity index (χ4n) is 2.06. The Morgan fingerprint density at radius 3 is 2.95 bits per heavy atom. The molecule has 5 nitrogen and oxygen atoms in total. The van der Waals surface area contributed by atoms with Gasteiger partial charge in [-0.15, -0.1) is 0 Å². The number of phenolic OH excluding ortho intramolecular Hbond substituents is 1. The number of aromatic hydroxyl groups is 1. The average Bonchev–Trinajstić information content (AvgIpc) is 2.65. The van der Waals surface area contributed by atoms with E-state index in [1.54, 1.807) is 12.1 Å². The zero-order valence-electron chi connectivity index (χ0n) is 11.0. The molecule has 0 saturated heterocycles. The predicted molar refractivity (Wildman–Crippen MR) is 73.8 cm³/mol. The molecule has 0 aromatic heterocycles. The van der Waals surface area contributed by atoms with E-state index in [4.69, 9.17) is 0 Å². The van der Waals surface area contributed by atoms with E-state index in [9.17, 15) is 9.90 Å². The van der Waals surface area contributed by atoms with Crippen molar-refractivity contribution in [2.24, 2.45) is 4.99 Å². The number of phenols is 1. The molecule has 1 aliphatic rings. The van der Waals surface area contributed by atoms with Crippen LogP contribution in [0.5, 0.6) is 5.75 Å². The third-order valence-corrected chi connectivity index (χ3v) is 3.00. The monoisotopic (exact) mass is 262 g/mol. The lowest BCUT2D eigenvalue weighted by Crippen LogP contribution is -2.12. The molecule has 5 heteroatoms. The highest BCUT2D eigenvalue weighted by atomic mass is 16.5. The molecule has 102 valence electrons. The molecule has 0 unspecified atom stereocenters. The van der Waals surface area contributed by atoms with E-state index in [-0.39, 0.29) is 5.75 Å². The van der Waals surface area contributed by atoms with Gasteiger partial charge in [-0.2, -0.15) is 0 Å². The lowest BCUT2D eigenvalue weighted by atomic mass is 10.1. The second-order valence-electron chi connectivity index (χ2n) is 4.52. The molecule has 0 atom stereocenters. The molecule has 2 N–H and O–H groups in total. The van der Waals surface area contributed by atoms with Crippen LogP contribution in [0.2, 0.25) is 0 Å². The summed E-state index contributed by atoms with van der Waals surface area (Å²) < 4.78 is 4.65. The SMILES string of the molecule is COC(=O)c1cc(O)cc(NC2=NCCCCC2)c1. The lowest BCUT2D eigenvalue weighted by Gasteiger charge is -2.10. The van der Waals surface area contributed by atoms with Crippen LogP contribution in [0, 0.1) is 0 Å². The number of nitrogens with one attached hydrogen (secondary N) is 1. The van der Waals surface area contributed by atoms with Gasteiger partial charge in [-0.1, -0.05) is 6.42 Å². The number of carbonyl (C=O) groups excluding carboxylic acids is 1. The molecule has 0 amide bonds. The van der Waals surface area contributed by atoms with E-state index in [1.165, 1.54) is 19.6 Å². The smallest absolute Gasteiger partial charge is 0.338 e. The lowest BCUT2D eigenvalue weighted by molar-refractivity contribution is 0.0600. The van der Waals surface area contributed by atoms with E-state index in [0.29, 0.717) is 11.3 Å². The van der Waals surface area contributed by atoms with Gasteiger partial charge in [-0.25, -0.2) is 4.79 Å². The zero-order valence-corrected chi connectivity index (χ0v) is 11.0. The molecular weight excluding hydrogens is 244 g/mol. The maximum Gasteiger partial charge on any atom is 0.338 e. The van der Waals surface area contributed by atoms with Gasteiger partial charge in [0.25, 0.3) is 0 Å². The Morgan fingerprint density at radius 1 is 1.32 bits per heavy atom. The van der Waals surface area contributed by atoms with Crippen LogP contribution in [-0.4, -0.2) is 30.6 Å². The summed E-state index contributed by atoms with van der Waals surface area (Å²) in [6, 6.07) is 4.60. The van der Waals surface area contributed by atoms with Crippen LogP contribution in [0.15, 0.2) is 23.2 Å². The zero-order chi connectivity index (χ0) is 13.7. The van der Waals surface area contributed by atoms with Gasteiger partial charge in [0, 0.05) is 24.7 Å². The van der Waals surface area contributed by atoms with Gasteiger partial charge in [0.05, 0.1) is 12.7 Å². The number of aliphatic imine (C=N–C) groups is 1. The third-order valence-electron chi connectivity index (χ3n) is 3.00.